The highest BCUT2D eigenvalue weighted by Gasteiger charge is 2.72. The lowest BCUT2D eigenvalue weighted by molar-refractivity contribution is -0.152. The molecule has 10 heteroatoms. The maximum atomic E-state index is 13.5. The lowest BCUT2D eigenvalue weighted by Gasteiger charge is -2.31. The molecule has 1 spiro atoms. The normalized spacial score (nSPS) is 30.3. The van der Waals surface area contributed by atoms with Gasteiger partial charge in [-0.2, -0.15) is 0 Å². The molecule has 0 radical (unpaired) electrons. The molecule has 2 saturated heterocycles. The Kier molecular flexibility index (Phi) is 6.24. The van der Waals surface area contributed by atoms with Crippen LogP contribution in [0.5, 0.6) is 0 Å². The van der Waals surface area contributed by atoms with Crippen LogP contribution >= 0.6 is 23.2 Å². The minimum absolute atomic E-state index is 0.249. The maximum Gasteiger partial charge on any atom is 0.329 e. The van der Waals surface area contributed by atoms with Crippen molar-refractivity contribution in [3.8, 4) is 0 Å². The van der Waals surface area contributed by atoms with Crippen LogP contribution in [-0.4, -0.2) is 76.6 Å². The van der Waals surface area contributed by atoms with Crippen LogP contribution < -0.4 is 5.32 Å². The SMILES string of the molecule is CCN(CC)CCN1C(=O)C2C(C(=O)Nc3ccc(Cl)c(Cl)c3)C3C=CC2(O3)C1C(=O)O. The number of likely N-dealkylation sites (tertiary alicyclic amines) is 1. The Hall–Kier alpha value is -2.13. The van der Waals surface area contributed by atoms with Crippen LogP contribution in [0.15, 0.2) is 30.4 Å². The number of hydrogen-bond donors (Lipinski definition) is 2. The second-order valence-corrected chi connectivity index (χ2v) is 9.03. The molecule has 0 aliphatic carbocycles. The van der Waals surface area contributed by atoms with Gasteiger partial charge in [0.15, 0.2) is 6.04 Å². The van der Waals surface area contributed by atoms with Gasteiger partial charge in [-0.25, -0.2) is 4.79 Å². The standard InChI is InChI=1S/C22H25Cl2N3O5/c1-3-26(4-2)9-10-27-18(21(30)31)22-8-7-15(32-22)16(17(22)20(27)29)19(28)25-12-5-6-13(23)14(24)11-12/h5-8,11,15-18H,3-4,9-10H2,1-2H3,(H,25,28)(H,30,31). The van der Waals surface area contributed by atoms with Crippen LogP contribution in [0.3, 0.4) is 0 Å². The molecule has 2 bridgehead atoms. The first-order chi connectivity index (χ1) is 15.2. The Morgan fingerprint density at radius 2 is 1.97 bits per heavy atom. The van der Waals surface area contributed by atoms with Crippen molar-refractivity contribution in [1.82, 2.24) is 9.80 Å². The first-order valence-corrected chi connectivity index (χ1v) is 11.4. The van der Waals surface area contributed by atoms with E-state index < -0.39 is 41.5 Å². The predicted octanol–water partition coefficient (Wildman–Crippen LogP) is 2.51. The maximum absolute atomic E-state index is 13.5. The van der Waals surface area contributed by atoms with Crippen molar-refractivity contribution in [3.63, 3.8) is 0 Å². The Morgan fingerprint density at radius 1 is 1.25 bits per heavy atom. The highest BCUT2D eigenvalue weighted by atomic mass is 35.5. The zero-order valence-corrected chi connectivity index (χ0v) is 19.3. The number of nitrogens with one attached hydrogen (secondary N) is 1. The summed E-state index contributed by atoms with van der Waals surface area (Å²) in [5.41, 5.74) is -0.917. The number of fused-ring (bicyclic) bond motifs is 1. The van der Waals surface area contributed by atoms with E-state index in [1.165, 1.54) is 11.0 Å². The number of carbonyl (C=O) groups excluding carboxylic acids is 2. The molecule has 5 unspecified atom stereocenters. The zero-order valence-electron chi connectivity index (χ0n) is 17.8. The molecule has 1 aromatic carbocycles. The van der Waals surface area contributed by atoms with Gasteiger partial charge >= 0.3 is 5.97 Å². The molecule has 3 heterocycles. The molecule has 1 aromatic rings. The van der Waals surface area contributed by atoms with Gasteiger partial charge < -0.3 is 25.0 Å². The average molecular weight is 482 g/mol. The molecule has 3 aliphatic heterocycles. The topological polar surface area (TPSA) is 99.2 Å². The fourth-order valence-electron chi connectivity index (χ4n) is 5.08. The van der Waals surface area contributed by atoms with Crippen molar-refractivity contribution >= 4 is 46.7 Å². The summed E-state index contributed by atoms with van der Waals surface area (Å²) in [7, 11) is 0. The summed E-state index contributed by atoms with van der Waals surface area (Å²) in [6, 6.07) is 3.51. The van der Waals surface area contributed by atoms with Crippen LogP contribution in [0.1, 0.15) is 13.8 Å². The molecule has 32 heavy (non-hydrogen) atoms. The molecule has 0 saturated carbocycles. The third-order valence-corrected chi connectivity index (χ3v) is 7.39. The minimum atomic E-state index is -1.35. The summed E-state index contributed by atoms with van der Waals surface area (Å²) in [5, 5.41) is 13.4. The Morgan fingerprint density at radius 3 is 2.59 bits per heavy atom. The molecule has 4 rings (SSSR count). The van der Waals surface area contributed by atoms with Crippen molar-refractivity contribution in [2.24, 2.45) is 11.8 Å². The molecule has 2 amide bonds. The number of halogens is 2. The van der Waals surface area contributed by atoms with Gasteiger partial charge in [-0.3, -0.25) is 9.59 Å². The number of carbonyl (C=O) groups is 3. The Balaban J connectivity index is 1.61. The fourth-order valence-corrected chi connectivity index (χ4v) is 5.37. The molecule has 172 valence electrons. The smallest absolute Gasteiger partial charge is 0.329 e. The van der Waals surface area contributed by atoms with Gasteiger partial charge in [0.25, 0.3) is 0 Å². The van der Waals surface area contributed by atoms with E-state index in [9.17, 15) is 19.5 Å². The van der Waals surface area contributed by atoms with Crippen molar-refractivity contribution < 1.29 is 24.2 Å². The molecular weight excluding hydrogens is 457 g/mol. The van der Waals surface area contributed by atoms with Crippen molar-refractivity contribution in [2.45, 2.75) is 31.6 Å². The number of benzene rings is 1. The van der Waals surface area contributed by atoms with Crippen molar-refractivity contribution in [3.05, 3.63) is 40.4 Å². The Bertz CT molecular complexity index is 982. The number of carboxylic acid groups (broad SMARTS) is 1. The summed E-state index contributed by atoms with van der Waals surface area (Å²) in [5.74, 6) is -3.69. The number of rotatable bonds is 8. The third-order valence-electron chi connectivity index (χ3n) is 6.65. The van der Waals surface area contributed by atoms with Crippen LogP contribution in [0.2, 0.25) is 10.0 Å². The molecule has 2 N–H and O–H groups in total. The van der Waals surface area contributed by atoms with Gasteiger partial charge in [-0.05, 0) is 31.3 Å². The summed E-state index contributed by atoms with van der Waals surface area (Å²) in [4.78, 5) is 42.4. The molecule has 2 fully saturated rings. The first-order valence-electron chi connectivity index (χ1n) is 10.6. The zero-order chi connectivity index (χ0) is 23.2. The monoisotopic (exact) mass is 481 g/mol. The Labute approximate surface area is 196 Å². The number of aliphatic carboxylic acids is 1. The summed E-state index contributed by atoms with van der Waals surface area (Å²) >= 11 is 12.0. The van der Waals surface area contributed by atoms with E-state index >= 15 is 0 Å². The number of likely N-dealkylation sites (N-methyl/N-ethyl adjacent to an activating group) is 1. The van der Waals surface area contributed by atoms with Crippen LogP contribution in [0, 0.1) is 11.8 Å². The van der Waals surface area contributed by atoms with Crippen LogP contribution in [0.25, 0.3) is 0 Å². The summed E-state index contributed by atoms with van der Waals surface area (Å²) in [6.45, 7) is 6.38. The predicted molar refractivity (Wildman–Crippen MR) is 120 cm³/mol. The van der Waals surface area contributed by atoms with Crippen LogP contribution in [0.4, 0.5) is 5.69 Å². The fraction of sp³-hybridized carbons (Fsp3) is 0.500. The highest BCUT2D eigenvalue weighted by molar-refractivity contribution is 6.42. The van der Waals surface area contributed by atoms with Gasteiger partial charge in [-0.1, -0.05) is 49.2 Å². The second kappa shape index (κ2) is 8.67. The van der Waals surface area contributed by atoms with E-state index in [2.05, 4.69) is 10.2 Å². The van der Waals surface area contributed by atoms with E-state index in [1.54, 1.807) is 24.3 Å². The number of amides is 2. The molecule has 0 aromatic heterocycles. The van der Waals surface area contributed by atoms with Crippen molar-refractivity contribution in [2.75, 3.05) is 31.5 Å². The van der Waals surface area contributed by atoms with E-state index in [4.69, 9.17) is 27.9 Å². The molecule has 3 aliphatic rings. The second-order valence-electron chi connectivity index (χ2n) is 8.22. The van der Waals surface area contributed by atoms with Gasteiger partial charge in [-0.15, -0.1) is 0 Å². The third kappa shape index (κ3) is 3.59. The number of nitrogens with zero attached hydrogens (tertiary/aromatic N) is 2. The minimum Gasteiger partial charge on any atom is -0.480 e. The number of hydrogen-bond acceptors (Lipinski definition) is 5. The van der Waals surface area contributed by atoms with E-state index in [0.717, 1.165) is 13.1 Å². The van der Waals surface area contributed by atoms with Gasteiger partial charge in [0.2, 0.25) is 11.8 Å². The molecule has 8 nitrogen and oxygen atoms in total. The van der Waals surface area contributed by atoms with E-state index in [-0.39, 0.29) is 17.5 Å². The first kappa shape index (κ1) is 23.0. The average Bonchev–Trinajstić information content (AvgIpc) is 3.39. The number of ether oxygens (including phenoxy) is 1. The van der Waals surface area contributed by atoms with E-state index in [1.807, 2.05) is 13.8 Å². The lowest BCUT2D eigenvalue weighted by atomic mass is 9.74. The highest BCUT2D eigenvalue weighted by Crippen LogP contribution is 2.55. The lowest BCUT2D eigenvalue weighted by Crippen LogP contribution is -2.51. The van der Waals surface area contributed by atoms with Crippen LogP contribution in [-0.2, 0) is 19.1 Å². The largest absolute Gasteiger partial charge is 0.480 e. The van der Waals surface area contributed by atoms with Gasteiger partial charge in [0.05, 0.1) is 28.0 Å². The molecule has 5 atom stereocenters. The van der Waals surface area contributed by atoms with Gasteiger partial charge in [0, 0.05) is 18.8 Å². The van der Waals surface area contributed by atoms with E-state index in [0.29, 0.717) is 17.3 Å². The quantitative estimate of drug-likeness (QED) is 0.553. The number of carboxylic acids is 1. The number of anilines is 1. The van der Waals surface area contributed by atoms with Crippen molar-refractivity contribution in [1.29, 1.82) is 0 Å². The molecular formula is C22H25Cl2N3O5. The summed E-state index contributed by atoms with van der Waals surface area (Å²) < 4.78 is 6.06. The van der Waals surface area contributed by atoms with Gasteiger partial charge in [0.1, 0.15) is 5.60 Å². The summed E-state index contributed by atoms with van der Waals surface area (Å²) in [6.07, 6.45) is 2.67.